The van der Waals surface area contributed by atoms with Crippen LogP contribution in [-0.2, 0) is 0 Å². The molecular weight excluding hydrogens is 544 g/mol. The van der Waals surface area contributed by atoms with Crippen LogP contribution in [-0.4, -0.2) is 0 Å². The molecule has 0 bridgehead atoms. The van der Waals surface area contributed by atoms with Crippen LogP contribution in [0, 0.1) is 0 Å². The lowest BCUT2D eigenvalue weighted by atomic mass is 9.81. The molecule has 0 saturated heterocycles. The Balaban J connectivity index is 1.63. The average Bonchev–Trinajstić information content (AvgIpc) is 3.58. The third-order valence-corrected chi connectivity index (χ3v) is 8.53. The van der Waals surface area contributed by atoms with E-state index in [-0.39, 0.29) is 51.3 Å². The molecule has 45 heavy (non-hydrogen) atoms. The summed E-state index contributed by atoms with van der Waals surface area (Å²) in [5.41, 5.74) is 6.25. The molecule has 9 aromatic rings. The predicted molar refractivity (Wildman–Crippen MR) is 190 cm³/mol. The van der Waals surface area contributed by atoms with Crippen molar-refractivity contribution in [3.8, 4) is 44.5 Å². The first-order chi connectivity index (χ1) is 25.7. The number of rotatable bonds is 4. The van der Waals surface area contributed by atoms with Crippen molar-refractivity contribution in [1.82, 2.24) is 0 Å². The smallest absolute Gasteiger partial charge is 0.136 e. The number of benzene rings is 8. The molecule has 8 aromatic carbocycles. The maximum atomic E-state index is 9.55. The van der Waals surface area contributed by atoms with Crippen LogP contribution in [0.25, 0.3) is 88.0 Å². The zero-order valence-electron chi connectivity index (χ0n) is 32.0. The van der Waals surface area contributed by atoms with Gasteiger partial charge in [-0.1, -0.05) is 151 Å². The van der Waals surface area contributed by atoms with E-state index in [0.29, 0.717) is 38.8 Å². The Morgan fingerprint density at radius 1 is 0.356 bits per heavy atom. The maximum Gasteiger partial charge on any atom is 0.136 e. The average molecular weight is 581 g/mol. The van der Waals surface area contributed by atoms with Crippen molar-refractivity contribution in [1.29, 1.82) is 0 Å². The molecule has 210 valence electrons. The third-order valence-electron chi connectivity index (χ3n) is 8.53. The summed E-state index contributed by atoms with van der Waals surface area (Å²) < 4.78 is 79.9. The second-order valence-corrected chi connectivity index (χ2v) is 11.0. The molecular formula is C44H28O. The van der Waals surface area contributed by atoms with Gasteiger partial charge in [-0.25, -0.2) is 0 Å². The Morgan fingerprint density at radius 2 is 0.889 bits per heavy atom. The van der Waals surface area contributed by atoms with E-state index in [1.807, 2.05) is 97.1 Å². The molecule has 0 fully saturated rings. The van der Waals surface area contributed by atoms with E-state index in [1.165, 1.54) is 0 Å². The van der Waals surface area contributed by atoms with Gasteiger partial charge in [0.05, 0.1) is 11.0 Å². The molecule has 0 aliphatic heterocycles. The minimum absolute atomic E-state index is 0.156. The van der Waals surface area contributed by atoms with Crippen LogP contribution in [0.2, 0.25) is 0 Å². The van der Waals surface area contributed by atoms with Crippen LogP contribution in [0.1, 0.15) is 11.0 Å². The van der Waals surface area contributed by atoms with Gasteiger partial charge in [-0.05, 0) is 78.7 Å². The molecule has 9 rings (SSSR count). The van der Waals surface area contributed by atoms with Gasteiger partial charge in [0.25, 0.3) is 0 Å². The van der Waals surface area contributed by atoms with E-state index in [4.69, 9.17) is 9.90 Å². The first-order valence-corrected chi connectivity index (χ1v) is 14.8. The fraction of sp³-hybridized carbons (Fsp3) is 0. The van der Waals surface area contributed by atoms with E-state index in [0.717, 1.165) is 22.1 Å². The number of furan rings is 1. The van der Waals surface area contributed by atoms with Gasteiger partial charge in [-0.15, -0.1) is 0 Å². The third kappa shape index (κ3) is 4.02. The zero-order valence-corrected chi connectivity index (χ0v) is 24.0. The Kier molecular flexibility index (Phi) is 4.30. The lowest BCUT2D eigenvalue weighted by molar-refractivity contribution is 0.669. The van der Waals surface area contributed by atoms with Crippen molar-refractivity contribution in [2.75, 3.05) is 0 Å². The van der Waals surface area contributed by atoms with Crippen molar-refractivity contribution in [2.24, 2.45) is 0 Å². The number of hydrogen-bond acceptors (Lipinski definition) is 1. The van der Waals surface area contributed by atoms with Gasteiger partial charge in [-0.3, -0.25) is 0 Å². The number of fused-ring (bicyclic) bond motifs is 5. The van der Waals surface area contributed by atoms with Gasteiger partial charge in [0.15, 0.2) is 0 Å². The molecule has 0 aliphatic rings. The first kappa shape index (κ1) is 18.7. The molecule has 0 amide bonds. The Hall–Kier alpha value is -5.92. The minimum Gasteiger partial charge on any atom is -0.456 e. The molecule has 0 atom stereocenters. The van der Waals surface area contributed by atoms with Crippen LogP contribution in [0.4, 0.5) is 0 Å². The van der Waals surface area contributed by atoms with Crippen LogP contribution >= 0.6 is 0 Å². The Morgan fingerprint density at radius 3 is 1.56 bits per heavy atom. The van der Waals surface area contributed by atoms with Crippen molar-refractivity contribution in [3.63, 3.8) is 0 Å². The van der Waals surface area contributed by atoms with Crippen molar-refractivity contribution < 1.29 is 15.4 Å². The molecule has 1 heteroatoms. The van der Waals surface area contributed by atoms with Gasteiger partial charge in [0.2, 0.25) is 0 Å². The Labute approximate surface area is 272 Å². The SMILES string of the molecule is [2H]c1c([2H])c([2H])c2c(-c3c(-c4ccccc4-c4ccccc4)ccc4oc5ccccc5c34)c3c([2H])c([2H])c([2H])c([2H])c3c(-c3ccccc3)c2c1[2H]. The van der Waals surface area contributed by atoms with Gasteiger partial charge in [-0.2, -0.15) is 0 Å². The molecule has 0 radical (unpaired) electrons. The van der Waals surface area contributed by atoms with Gasteiger partial charge < -0.3 is 4.42 Å². The van der Waals surface area contributed by atoms with Crippen LogP contribution in [0.5, 0.6) is 0 Å². The van der Waals surface area contributed by atoms with Crippen LogP contribution < -0.4 is 0 Å². The van der Waals surface area contributed by atoms with Crippen molar-refractivity contribution >= 4 is 43.5 Å². The van der Waals surface area contributed by atoms with Gasteiger partial charge in [0.1, 0.15) is 11.2 Å². The van der Waals surface area contributed by atoms with E-state index < -0.39 is 24.2 Å². The number of hydrogen-bond donors (Lipinski definition) is 0. The van der Waals surface area contributed by atoms with Gasteiger partial charge >= 0.3 is 0 Å². The summed E-state index contributed by atoms with van der Waals surface area (Å²) in [5.74, 6) is 0. The standard InChI is InChI=1S/C44H28O/c1-3-15-29(16-4-1)31-19-7-8-20-32(31)37-27-28-40-43(38-25-13-14-26-39(38)45-40)44(37)42-35-23-11-9-21-33(35)41(30-17-5-2-6-18-30)34-22-10-12-24-36(34)42/h1-28H/i9D,10D,11D,12D,21D,22D,23D,24D. The molecule has 1 nitrogen and oxygen atoms in total. The summed E-state index contributed by atoms with van der Waals surface area (Å²) in [7, 11) is 0. The second-order valence-electron chi connectivity index (χ2n) is 11.0. The highest BCUT2D eigenvalue weighted by Gasteiger charge is 2.24. The normalized spacial score (nSPS) is 14.0. The van der Waals surface area contributed by atoms with E-state index in [2.05, 4.69) is 0 Å². The molecule has 0 spiro atoms. The van der Waals surface area contributed by atoms with Crippen molar-refractivity contribution in [2.45, 2.75) is 0 Å². The molecule has 1 aromatic heterocycles. The topological polar surface area (TPSA) is 13.1 Å². The van der Waals surface area contributed by atoms with Crippen LogP contribution in [0.15, 0.2) is 174 Å². The molecule has 0 N–H and O–H groups in total. The summed E-state index contributed by atoms with van der Waals surface area (Å²) in [6, 6.07) is 35.3. The quantitative estimate of drug-likeness (QED) is 0.189. The van der Waals surface area contributed by atoms with Crippen molar-refractivity contribution in [3.05, 3.63) is 170 Å². The minimum atomic E-state index is -0.446. The summed E-state index contributed by atoms with van der Waals surface area (Å²) in [6.45, 7) is 0. The van der Waals surface area contributed by atoms with Crippen LogP contribution in [0.3, 0.4) is 0 Å². The highest BCUT2D eigenvalue weighted by molar-refractivity contribution is 6.27. The zero-order chi connectivity index (χ0) is 36.7. The molecule has 0 unspecified atom stereocenters. The molecule has 1 heterocycles. The largest absolute Gasteiger partial charge is 0.456 e. The number of para-hydroxylation sites is 1. The highest BCUT2D eigenvalue weighted by atomic mass is 16.3. The fourth-order valence-corrected chi connectivity index (χ4v) is 6.66. The Bertz CT molecular complexity index is 2890. The molecule has 0 saturated carbocycles. The van der Waals surface area contributed by atoms with E-state index in [9.17, 15) is 5.48 Å². The first-order valence-electron chi connectivity index (χ1n) is 18.8. The monoisotopic (exact) mass is 580 g/mol. The molecule has 0 aliphatic carbocycles. The van der Waals surface area contributed by atoms with E-state index >= 15 is 0 Å². The lowest BCUT2D eigenvalue weighted by Crippen LogP contribution is -1.94. The fourth-order valence-electron chi connectivity index (χ4n) is 6.66. The summed E-state index contributed by atoms with van der Waals surface area (Å²) in [4.78, 5) is 0. The predicted octanol–water partition coefficient (Wildman–Crippen LogP) is 12.6. The summed E-state index contributed by atoms with van der Waals surface area (Å²) >= 11 is 0. The summed E-state index contributed by atoms with van der Waals surface area (Å²) in [5, 5.41) is 2.07. The lowest BCUT2D eigenvalue weighted by Gasteiger charge is -2.21. The van der Waals surface area contributed by atoms with Gasteiger partial charge in [0, 0.05) is 16.3 Å². The summed E-state index contributed by atoms with van der Waals surface area (Å²) in [6.07, 6.45) is 0. The van der Waals surface area contributed by atoms with E-state index in [1.54, 1.807) is 24.3 Å². The maximum absolute atomic E-state index is 9.55. The highest BCUT2D eigenvalue weighted by Crippen LogP contribution is 2.51. The second kappa shape index (κ2) is 10.4.